The van der Waals surface area contributed by atoms with Gasteiger partial charge in [0.2, 0.25) is 5.91 Å². The van der Waals surface area contributed by atoms with Crippen molar-refractivity contribution >= 4 is 16.8 Å². The van der Waals surface area contributed by atoms with Crippen molar-refractivity contribution in [2.75, 3.05) is 6.54 Å². The topological polar surface area (TPSA) is 80.3 Å². The van der Waals surface area contributed by atoms with E-state index < -0.39 is 5.60 Å². The molecular formula is C17H19N3O3. The molecule has 0 bridgehead atoms. The van der Waals surface area contributed by atoms with Gasteiger partial charge in [-0.05, 0) is 32.0 Å². The normalized spacial score (nSPS) is 13.9. The lowest BCUT2D eigenvalue weighted by Gasteiger charge is -2.21. The Morgan fingerprint density at radius 3 is 2.87 bits per heavy atom. The minimum Gasteiger partial charge on any atom is -0.463 e. The molecule has 0 fully saturated rings. The first-order valence-electron chi connectivity index (χ1n) is 7.42. The molecule has 0 aliphatic carbocycles. The van der Waals surface area contributed by atoms with E-state index in [1.54, 1.807) is 36.9 Å². The van der Waals surface area contributed by atoms with Crippen LogP contribution in [0.15, 0.2) is 47.0 Å². The van der Waals surface area contributed by atoms with Crippen LogP contribution >= 0.6 is 0 Å². The van der Waals surface area contributed by atoms with Crippen molar-refractivity contribution in [2.45, 2.75) is 26.0 Å². The van der Waals surface area contributed by atoms with Crippen LogP contribution in [0.25, 0.3) is 10.9 Å². The molecule has 0 saturated carbocycles. The zero-order chi connectivity index (χ0) is 16.4. The van der Waals surface area contributed by atoms with Crippen molar-refractivity contribution in [3.63, 3.8) is 0 Å². The minimum atomic E-state index is -1.25. The van der Waals surface area contributed by atoms with Crippen LogP contribution in [0.3, 0.4) is 0 Å². The third-order valence-electron chi connectivity index (χ3n) is 3.75. The summed E-state index contributed by atoms with van der Waals surface area (Å²) < 4.78 is 7.06. The third-order valence-corrected chi connectivity index (χ3v) is 3.75. The number of fused-ring (bicyclic) bond motifs is 1. The number of rotatable bonds is 5. The van der Waals surface area contributed by atoms with E-state index in [4.69, 9.17) is 4.42 Å². The molecular weight excluding hydrogens is 294 g/mol. The summed E-state index contributed by atoms with van der Waals surface area (Å²) in [5.74, 6) is 0.928. The van der Waals surface area contributed by atoms with Gasteiger partial charge in [-0.3, -0.25) is 9.48 Å². The second kappa shape index (κ2) is 5.89. The number of nitrogens with one attached hydrogen (secondary N) is 1. The monoisotopic (exact) mass is 313 g/mol. The SMILES string of the molecule is Cc1ccc(C(C)(O)CNC(=O)Cn2ncc3ccccc32)o1. The Labute approximate surface area is 133 Å². The van der Waals surface area contributed by atoms with E-state index in [1.807, 2.05) is 24.3 Å². The van der Waals surface area contributed by atoms with E-state index in [-0.39, 0.29) is 19.0 Å². The quantitative estimate of drug-likeness (QED) is 0.754. The van der Waals surface area contributed by atoms with Crippen molar-refractivity contribution in [1.82, 2.24) is 15.1 Å². The van der Waals surface area contributed by atoms with Crippen molar-refractivity contribution in [1.29, 1.82) is 0 Å². The number of aryl methyl sites for hydroxylation is 1. The highest BCUT2D eigenvalue weighted by Crippen LogP contribution is 2.22. The fraction of sp³-hybridized carbons (Fsp3) is 0.294. The molecule has 0 saturated heterocycles. The molecule has 120 valence electrons. The van der Waals surface area contributed by atoms with Crippen LogP contribution in [0.2, 0.25) is 0 Å². The molecule has 3 rings (SSSR count). The summed E-state index contributed by atoms with van der Waals surface area (Å²) in [7, 11) is 0. The number of carbonyl (C=O) groups is 1. The Morgan fingerprint density at radius 2 is 2.13 bits per heavy atom. The molecule has 2 aromatic heterocycles. The molecule has 6 heteroatoms. The Balaban J connectivity index is 1.63. The summed E-state index contributed by atoms with van der Waals surface area (Å²) in [4.78, 5) is 12.1. The molecule has 1 aromatic carbocycles. The largest absolute Gasteiger partial charge is 0.463 e. The van der Waals surface area contributed by atoms with Gasteiger partial charge in [0.15, 0.2) is 0 Å². The van der Waals surface area contributed by atoms with Gasteiger partial charge in [-0.25, -0.2) is 0 Å². The van der Waals surface area contributed by atoms with Gasteiger partial charge in [0, 0.05) is 5.39 Å². The number of aliphatic hydroxyl groups is 1. The van der Waals surface area contributed by atoms with E-state index >= 15 is 0 Å². The molecule has 0 aliphatic heterocycles. The first kappa shape index (κ1) is 15.3. The highest BCUT2D eigenvalue weighted by molar-refractivity contribution is 5.81. The van der Waals surface area contributed by atoms with E-state index in [9.17, 15) is 9.90 Å². The number of amides is 1. The third kappa shape index (κ3) is 3.27. The fourth-order valence-electron chi connectivity index (χ4n) is 2.43. The van der Waals surface area contributed by atoms with Gasteiger partial charge < -0.3 is 14.8 Å². The predicted octanol–water partition coefficient (Wildman–Crippen LogP) is 1.96. The van der Waals surface area contributed by atoms with Gasteiger partial charge in [0.1, 0.15) is 23.7 Å². The van der Waals surface area contributed by atoms with Gasteiger partial charge in [-0.15, -0.1) is 0 Å². The van der Waals surface area contributed by atoms with E-state index in [1.165, 1.54) is 0 Å². The van der Waals surface area contributed by atoms with Gasteiger partial charge in [-0.1, -0.05) is 18.2 Å². The van der Waals surface area contributed by atoms with Crippen LogP contribution in [-0.4, -0.2) is 27.3 Å². The average Bonchev–Trinajstić information content (AvgIpc) is 3.13. The van der Waals surface area contributed by atoms with Crippen molar-refractivity contribution < 1.29 is 14.3 Å². The first-order valence-corrected chi connectivity index (χ1v) is 7.42. The molecule has 6 nitrogen and oxygen atoms in total. The molecule has 0 spiro atoms. The lowest BCUT2D eigenvalue weighted by atomic mass is 10.0. The standard InChI is InChI=1S/C17H19N3O3/c1-12-7-8-15(23-12)17(2,22)11-18-16(21)10-20-14-6-4-3-5-13(14)9-19-20/h3-9,22H,10-11H2,1-2H3,(H,18,21). The van der Waals surface area contributed by atoms with Gasteiger partial charge in [0.05, 0.1) is 18.3 Å². The van der Waals surface area contributed by atoms with E-state index in [2.05, 4.69) is 10.4 Å². The number of nitrogens with zero attached hydrogens (tertiary/aromatic N) is 2. The van der Waals surface area contributed by atoms with Crippen LogP contribution in [-0.2, 0) is 16.9 Å². The van der Waals surface area contributed by atoms with Gasteiger partial charge in [-0.2, -0.15) is 5.10 Å². The highest BCUT2D eigenvalue weighted by Gasteiger charge is 2.27. The maximum atomic E-state index is 12.1. The number of aromatic nitrogens is 2. The van der Waals surface area contributed by atoms with Crippen LogP contribution in [0, 0.1) is 6.92 Å². The number of hydrogen-bond donors (Lipinski definition) is 2. The summed E-state index contributed by atoms with van der Waals surface area (Å²) in [6.45, 7) is 3.58. The smallest absolute Gasteiger partial charge is 0.241 e. The first-order chi connectivity index (χ1) is 11.0. The predicted molar refractivity (Wildman–Crippen MR) is 85.8 cm³/mol. The Morgan fingerprint density at radius 1 is 1.35 bits per heavy atom. The summed E-state index contributed by atoms with van der Waals surface area (Å²) in [6.07, 6.45) is 1.73. The summed E-state index contributed by atoms with van der Waals surface area (Å²) in [6, 6.07) is 11.2. The lowest BCUT2D eigenvalue weighted by Crippen LogP contribution is -2.39. The number of furan rings is 1. The summed E-state index contributed by atoms with van der Waals surface area (Å²) >= 11 is 0. The number of hydrogen-bond acceptors (Lipinski definition) is 4. The second-order valence-corrected chi connectivity index (χ2v) is 5.82. The van der Waals surface area contributed by atoms with Crippen molar-refractivity contribution in [2.24, 2.45) is 0 Å². The van der Waals surface area contributed by atoms with Crippen molar-refractivity contribution in [3.8, 4) is 0 Å². The summed E-state index contributed by atoms with van der Waals surface area (Å²) in [5, 5.41) is 18.3. The van der Waals surface area contributed by atoms with Crippen molar-refractivity contribution in [3.05, 3.63) is 54.1 Å². The van der Waals surface area contributed by atoms with Crippen LogP contribution in [0.1, 0.15) is 18.4 Å². The van der Waals surface area contributed by atoms with E-state index in [0.29, 0.717) is 5.76 Å². The van der Waals surface area contributed by atoms with Crippen LogP contribution in [0.5, 0.6) is 0 Å². The molecule has 0 radical (unpaired) electrons. The highest BCUT2D eigenvalue weighted by atomic mass is 16.4. The van der Waals surface area contributed by atoms with Gasteiger partial charge >= 0.3 is 0 Å². The molecule has 3 aromatic rings. The van der Waals surface area contributed by atoms with Crippen LogP contribution < -0.4 is 5.32 Å². The second-order valence-electron chi connectivity index (χ2n) is 5.82. The number of para-hydroxylation sites is 1. The Kier molecular flexibility index (Phi) is 3.92. The summed E-state index contributed by atoms with van der Waals surface area (Å²) in [5.41, 5.74) is -0.355. The molecule has 23 heavy (non-hydrogen) atoms. The van der Waals surface area contributed by atoms with Crippen LogP contribution in [0.4, 0.5) is 0 Å². The molecule has 1 atom stereocenters. The maximum absolute atomic E-state index is 12.1. The zero-order valence-electron chi connectivity index (χ0n) is 13.1. The zero-order valence-corrected chi connectivity index (χ0v) is 13.1. The van der Waals surface area contributed by atoms with E-state index in [0.717, 1.165) is 16.7 Å². The Bertz CT molecular complexity index is 832. The fourth-order valence-corrected chi connectivity index (χ4v) is 2.43. The maximum Gasteiger partial charge on any atom is 0.241 e. The Hall–Kier alpha value is -2.60. The lowest BCUT2D eigenvalue weighted by molar-refractivity contribution is -0.123. The molecule has 1 unspecified atom stereocenters. The molecule has 0 aliphatic rings. The number of carbonyl (C=O) groups excluding carboxylic acids is 1. The average molecular weight is 313 g/mol. The minimum absolute atomic E-state index is 0.0674. The molecule has 1 amide bonds. The number of benzene rings is 1. The molecule has 2 N–H and O–H groups in total. The van der Waals surface area contributed by atoms with Gasteiger partial charge in [0.25, 0.3) is 0 Å². The molecule has 2 heterocycles.